The van der Waals surface area contributed by atoms with E-state index in [2.05, 4.69) is 16.4 Å². The van der Waals surface area contributed by atoms with E-state index in [4.69, 9.17) is 9.73 Å². The van der Waals surface area contributed by atoms with Gasteiger partial charge in [0.05, 0.1) is 18.2 Å². The van der Waals surface area contributed by atoms with Crippen LogP contribution in [0, 0.1) is 10.4 Å². The molecule has 0 spiro atoms. The Morgan fingerprint density at radius 3 is 3.00 bits per heavy atom. The molecule has 0 saturated carbocycles. The van der Waals surface area contributed by atoms with E-state index in [1.54, 1.807) is 7.11 Å². The average Bonchev–Trinajstić information content (AvgIpc) is 2.98. The van der Waals surface area contributed by atoms with Crippen molar-refractivity contribution in [1.82, 2.24) is 5.32 Å². The number of rotatable bonds is 3. The third-order valence-electron chi connectivity index (χ3n) is 4.37. The molecule has 0 unspecified atom stereocenters. The Morgan fingerprint density at radius 1 is 1.33 bits per heavy atom. The van der Waals surface area contributed by atoms with Crippen LogP contribution in [0.25, 0.3) is 6.20 Å². The predicted molar refractivity (Wildman–Crippen MR) is 91.7 cm³/mol. The van der Waals surface area contributed by atoms with Gasteiger partial charge in [0, 0.05) is 48.8 Å². The Bertz CT molecular complexity index is 1100. The highest BCUT2D eigenvalue weighted by Gasteiger charge is 2.16. The fourth-order valence-corrected chi connectivity index (χ4v) is 3.24. The summed E-state index contributed by atoms with van der Waals surface area (Å²) in [7, 11) is 1.65. The molecule has 0 fully saturated rings. The minimum atomic E-state index is -0.0478. The van der Waals surface area contributed by atoms with Crippen LogP contribution in [0.2, 0.25) is 0 Å². The number of carbonyl (C=O) groups is 1. The number of benzene rings is 2. The van der Waals surface area contributed by atoms with Crippen LogP contribution in [0.3, 0.4) is 0 Å². The van der Waals surface area contributed by atoms with Crippen molar-refractivity contribution in [1.29, 1.82) is 0 Å². The van der Waals surface area contributed by atoms with Crippen molar-refractivity contribution < 1.29 is 9.53 Å². The van der Waals surface area contributed by atoms with Gasteiger partial charge in [-0.3, -0.25) is 9.79 Å². The van der Waals surface area contributed by atoms with Gasteiger partial charge in [0.2, 0.25) is 5.91 Å². The highest BCUT2D eigenvalue weighted by molar-refractivity contribution is 5.74. The fraction of sp³-hybridized carbons (Fsp3) is 0.211. The van der Waals surface area contributed by atoms with E-state index in [0.29, 0.717) is 6.54 Å². The number of hydrogen-bond donors (Lipinski definition) is 1. The molecule has 0 radical (unpaired) electrons. The molecule has 0 aromatic heterocycles. The number of fused-ring (bicyclic) bond motifs is 4. The van der Waals surface area contributed by atoms with Gasteiger partial charge < -0.3 is 10.1 Å². The van der Waals surface area contributed by atoms with Gasteiger partial charge in [0.15, 0.2) is 0 Å². The summed E-state index contributed by atoms with van der Waals surface area (Å²) in [5.41, 5.74) is 3.22. The number of ether oxygens (including phenoxy) is 1. The lowest BCUT2D eigenvalue weighted by atomic mass is 9.99. The zero-order valence-corrected chi connectivity index (χ0v) is 13.6. The van der Waals surface area contributed by atoms with E-state index in [0.717, 1.165) is 44.4 Å². The second-order valence-corrected chi connectivity index (χ2v) is 5.90. The number of amides is 1. The molecule has 1 N–H and O–H groups in total. The van der Waals surface area contributed by atoms with Crippen molar-refractivity contribution >= 4 is 24.0 Å². The molecule has 1 amide bonds. The van der Waals surface area contributed by atoms with E-state index in [1.807, 2.05) is 30.6 Å². The molecule has 2 aliphatic heterocycles. The molecule has 24 heavy (non-hydrogen) atoms. The number of nitrogens with one attached hydrogen (secondary N) is 1. The maximum absolute atomic E-state index is 11.4. The van der Waals surface area contributed by atoms with Crippen LogP contribution in [0.5, 0.6) is 5.75 Å². The minimum Gasteiger partial charge on any atom is -0.497 e. The third kappa shape index (κ3) is 2.29. The standard InChI is InChI=1S/C19H17N3O2/c1-11(23)21-10-13-7-12-9-20-6-5-15(12)19-18(13)16-4-3-14(24-2)8-17(16)22-19/h3-4,6-9H,5,10H2,1-2H3,(H,21,23). The van der Waals surface area contributed by atoms with Gasteiger partial charge in [0.1, 0.15) is 5.75 Å². The molecular formula is C19H17N3O2. The first-order chi connectivity index (χ1) is 11.7. The van der Waals surface area contributed by atoms with Gasteiger partial charge in [-0.2, -0.15) is 0 Å². The van der Waals surface area contributed by atoms with Crippen LogP contribution in [0.1, 0.15) is 18.1 Å². The molecular weight excluding hydrogens is 302 g/mol. The van der Waals surface area contributed by atoms with Crippen molar-refractivity contribution in [2.24, 2.45) is 9.98 Å². The fourth-order valence-electron chi connectivity index (χ4n) is 3.24. The quantitative estimate of drug-likeness (QED) is 0.790. The zero-order chi connectivity index (χ0) is 16.7. The first kappa shape index (κ1) is 14.6. The number of aliphatic imine (C=N–C) groups is 1. The maximum atomic E-state index is 11.4. The molecule has 2 heterocycles. The summed E-state index contributed by atoms with van der Waals surface area (Å²) in [5, 5.41) is 7.05. The second kappa shape index (κ2) is 5.60. The summed E-state index contributed by atoms with van der Waals surface area (Å²) >= 11 is 0. The van der Waals surface area contributed by atoms with Gasteiger partial charge in [-0.25, -0.2) is 4.99 Å². The van der Waals surface area contributed by atoms with E-state index in [-0.39, 0.29) is 5.91 Å². The molecule has 5 heteroatoms. The highest BCUT2D eigenvalue weighted by Crippen LogP contribution is 2.26. The van der Waals surface area contributed by atoms with Gasteiger partial charge >= 0.3 is 0 Å². The van der Waals surface area contributed by atoms with Crippen molar-refractivity contribution in [2.45, 2.75) is 19.9 Å². The molecule has 2 aromatic rings. The number of methoxy groups -OCH3 is 1. The number of nitrogens with zero attached hydrogens (tertiary/aromatic N) is 2. The molecule has 2 aliphatic rings. The van der Waals surface area contributed by atoms with Crippen LogP contribution in [-0.2, 0) is 17.8 Å². The normalized spacial score (nSPS) is 13.2. The lowest BCUT2D eigenvalue weighted by Gasteiger charge is -2.11. The van der Waals surface area contributed by atoms with Gasteiger partial charge in [-0.05, 0) is 34.5 Å². The van der Waals surface area contributed by atoms with Crippen LogP contribution in [0.4, 0.5) is 5.69 Å². The van der Waals surface area contributed by atoms with Crippen molar-refractivity contribution in [3.8, 4) is 5.75 Å². The Hall–Kier alpha value is -2.95. The topological polar surface area (TPSA) is 63.0 Å². The van der Waals surface area contributed by atoms with Crippen LogP contribution in [-0.4, -0.2) is 19.2 Å². The Kier molecular flexibility index (Phi) is 3.41. The van der Waals surface area contributed by atoms with Crippen LogP contribution in [0.15, 0.2) is 34.3 Å². The lowest BCUT2D eigenvalue weighted by molar-refractivity contribution is -0.119. The molecule has 2 aromatic carbocycles. The van der Waals surface area contributed by atoms with Crippen LogP contribution < -0.4 is 20.6 Å². The largest absolute Gasteiger partial charge is 0.497 e. The van der Waals surface area contributed by atoms with E-state index in [9.17, 15) is 4.79 Å². The summed E-state index contributed by atoms with van der Waals surface area (Å²) < 4.78 is 5.32. The summed E-state index contributed by atoms with van der Waals surface area (Å²) in [5.74, 6) is 0.740. The summed E-state index contributed by atoms with van der Waals surface area (Å²) in [6.07, 6.45) is 4.52. The lowest BCUT2D eigenvalue weighted by Crippen LogP contribution is -2.22. The molecule has 5 nitrogen and oxygen atoms in total. The first-order valence-electron chi connectivity index (χ1n) is 7.85. The summed E-state index contributed by atoms with van der Waals surface area (Å²) in [6.45, 7) is 2.00. The predicted octanol–water partition coefficient (Wildman–Crippen LogP) is 1.25. The monoisotopic (exact) mass is 319 g/mol. The molecule has 0 bridgehead atoms. The zero-order valence-electron chi connectivity index (χ0n) is 13.6. The van der Waals surface area contributed by atoms with Crippen molar-refractivity contribution in [3.05, 3.63) is 56.4 Å². The molecule has 0 saturated heterocycles. The third-order valence-corrected chi connectivity index (χ3v) is 4.37. The Balaban J connectivity index is 2.06. The molecule has 120 valence electrons. The van der Waals surface area contributed by atoms with Gasteiger partial charge in [-0.1, -0.05) is 0 Å². The summed E-state index contributed by atoms with van der Waals surface area (Å²) in [4.78, 5) is 20.5. The van der Waals surface area contributed by atoms with Crippen LogP contribution >= 0.6 is 0 Å². The molecule has 4 rings (SSSR count). The summed E-state index contributed by atoms with van der Waals surface area (Å²) in [6, 6.07) is 8.03. The second-order valence-electron chi connectivity index (χ2n) is 5.90. The first-order valence-corrected chi connectivity index (χ1v) is 7.85. The van der Waals surface area contributed by atoms with E-state index >= 15 is 0 Å². The minimum absolute atomic E-state index is 0.0478. The highest BCUT2D eigenvalue weighted by atomic mass is 16.5. The van der Waals surface area contributed by atoms with Crippen molar-refractivity contribution in [2.75, 3.05) is 7.11 Å². The van der Waals surface area contributed by atoms with E-state index < -0.39 is 0 Å². The number of carbonyl (C=O) groups excluding carboxylic acids is 1. The average molecular weight is 319 g/mol. The molecule has 0 atom stereocenters. The SMILES string of the molecule is COc1ccc2c(c1)=Nc1c3c(cc(CNC(C)=O)c1=2)=CN=CC3. The maximum Gasteiger partial charge on any atom is 0.217 e. The van der Waals surface area contributed by atoms with Gasteiger partial charge in [0.25, 0.3) is 0 Å². The Morgan fingerprint density at radius 2 is 2.21 bits per heavy atom. The van der Waals surface area contributed by atoms with Crippen molar-refractivity contribution in [3.63, 3.8) is 0 Å². The van der Waals surface area contributed by atoms with Gasteiger partial charge in [-0.15, -0.1) is 0 Å². The molecule has 0 aliphatic carbocycles. The smallest absolute Gasteiger partial charge is 0.217 e. The Labute approximate surface area is 138 Å². The van der Waals surface area contributed by atoms with E-state index in [1.165, 1.54) is 12.5 Å². The number of hydrogen-bond acceptors (Lipinski definition) is 4.